The van der Waals surface area contributed by atoms with Gasteiger partial charge in [0, 0.05) is 12.1 Å². The highest BCUT2D eigenvalue weighted by Crippen LogP contribution is 2.35. The first-order valence-electron chi connectivity index (χ1n) is 7.14. The maximum absolute atomic E-state index is 12.3. The molecule has 0 aliphatic rings. The Morgan fingerprint density at radius 1 is 1.03 bits per heavy atom. The van der Waals surface area contributed by atoms with E-state index in [1.807, 2.05) is 0 Å². The summed E-state index contributed by atoms with van der Waals surface area (Å²) < 4.78 is 94.0. The van der Waals surface area contributed by atoms with Gasteiger partial charge in [0.05, 0.1) is 15.7 Å². The molecule has 0 aliphatic heterocycles. The smallest absolute Gasteiger partial charge is 0.457 e. The van der Waals surface area contributed by atoms with E-state index in [2.05, 4.69) is 20.1 Å². The zero-order chi connectivity index (χ0) is 23.3. The van der Waals surface area contributed by atoms with E-state index in [9.17, 15) is 40.1 Å². The lowest BCUT2D eigenvalue weighted by molar-refractivity contribution is -0.384. The first-order chi connectivity index (χ1) is 13.5. The van der Waals surface area contributed by atoms with Crippen LogP contribution in [0.3, 0.4) is 0 Å². The maximum Gasteiger partial charge on any atom is 0.534 e. The SMILES string of the molecule is CS(=O)(=O)O.O=[N+]([O-])c1ccc(Oc2ccc(OS(=O)(=O)C(F)(F)F)c(Br)c2)cc1. The molecule has 0 unspecified atom stereocenters. The molecule has 0 aromatic heterocycles. The minimum absolute atomic E-state index is 0.0975. The van der Waals surface area contributed by atoms with Gasteiger partial charge in [0.2, 0.25) is 0 Å². The van der Waals surface area contributed by atoms with E-state index in [0.29, 0.717) is 6.26 Å². The van der Waals surface area contributed by atoms with Gasteiger partial charge in [-0.1, -0.05) is 0 Å². The third-order valence-corrected chi connectivity index (χ3v) is 4.26. The molecule has 0 saturated carbocycles. The van der Waals surface area contributed by atoms with Gasteiger partial charge in [-0.3, -0.25) is 14.7 Å². The first-order valence-corrected chi connectivity index (χ1v) is 11.2. The van der Waals surface area contributed by atoms with Crippen molar-refractivity contribution in [2.45, 2.75) is 5.51 Å². The number of non-ortho nitro benzene ring substituents is 1. The van der Waals surface area contributed by atoms with Gasteiger partial charge in [-0.05, 0) is 46.3 Å². The molecule has 0 atom stereocenters. The number of halogens is 4. The fourth-order valence-electron chi connectivity index (χ4n) is 1.55. The first kappa shape index (κ1) is 25.6. The van der Waals surface area contributed by atoms with Crippen molar-refractivity contribution in [1.29, 1.82) is 0 Å². The average molecular weight is 538 g/mol. The van der Waals surface area contributed by atoms with Crippen LogP contribution in [0, 0.1) is 10.1 Å². The van der Waals surface area contributed by atoms with Crippen LogP contribution in [0.2, 0.25) is 0 Å². The number of ether oxygens (including phenoxy) is 1. The van der Waals surface area contributed by atoms with E-state index in [0.717, 1.165) is 6.07 Å². The van der Waals surface area contributed by atoms with Gasteiger partial charge in [-0.25, -0.2) is 0 Å². The molecule has 1 N–H and O–H groups in total. The second kappa shape index (κ2) is 9.59. The van der Waals surface area contributed by atoms with Crippen molar-refractivity contribution in [2.75, 3.05) is 6.26 Å². The molecule has 0 bridgehead atoms. The monoisotopic (exact) mass is 537 g/mol. The highest BCUT2D eigenvalue weighted by atomic mass is 79.9. The molecule has 10 nitrogen and oxygen atoms in total. The summed E-state index contributed by atoms with van der Waals surface area (Å²) in [5.74, 6) is -0.208. The Balaban J connectivity index is 0.000000804. The van der Waals surface area contributed by atoms with Crippen molar-refractivity contribution >= 4 is 41.9 Å². The zero-order valence-electron chi connectivity index (χ0n) is 14.5. The Hall–Kier alpha value is -2.43. The summed E-state index contributed by atoms with van der Waals surface area (Å²) in [6.07, 6.45) is 0.715. The summed E-state index contributed by atoms with van der Waals surface area (Å²) >= 11 is 2.88. The Morgan fingerprint density at radius 2 is 1.50 bits per heavy atom. The Kier molecular flexibility index (Phi) is 8.18. The molecule has 0 fully saturated rings. The standard InChI is InChI=1S/C13H7BrF3NO6S.CH4O3S/c14-11-7-10(23-9-3-1-8(2-4-9)18(19)20)5-6-12(11)24-25(21,22)13(15,16)17;1-5(2,3)4/h1-7H;1H3,(H,2,3,4). The average Bonchev–Trinajstić information content (AvgIpc) is 2.55. The number of alkyl halides is 3. The van der Waals surface area contributed by atoms with Gasteiger partial charge in [0.1, 0.15) is 11.5 Å². The van der Waals surface area contributed by atoms with Crippen LogP contribution in [0.5, 0.6) is 17.2 Å². The van der Waals surface area contributed by atoms with E-state index in [1.165, 1.54) is 36.4 Å². The third kappa shape index (κ3) is 8.52. The van der Waals surface area contributed by atoms with Gasteiger partial charge in [-0.2, -0.15) is 30.0 Å². The largest absolute Gasteiger partial charge is 0.534 e. The predicted octanol–water partition coefficient (Wildman–Crippen LogP) is 3.88. The van der Waals surface area contributed by atoms with Gasteiger partial charge < -0.3 is 8.92 Å². The molecule has 166 valence electrons. The zero-order valence-corrected chi connectivity index (χ0v) is 17.7. The summed E-state index contributed by atoms with van der Waals surface area (Å²) in [5, 5.41) is 10.6. The molecule has 0 aliphatic carbocycles. The predicted molar refractivity (Wildman–Crippen MR) is 100 cm³/mol. The number of hydrogen-bond acceptors (Lipinski definition) is 8. The van der Waals surface area contributed by atoms with E-state index in [4.69, 9.17) is 9.29 Å². The third-order valence-electron chi connectivity index (χ3n) is 2.67. The van der Waals surface area contributed by atoms with Gasteiger partial charge in [-0.15, -0.1) is 0 Å². The van der Waals surface area contributed by atoms with Crippen molar-refractivity contribution in [3.05, 3.63) is 57.1 Å². The van der Waals surface area contributed by atoms with E-state index < -0.39 is 36.4 Å². The van der Waals surface area contributed by atoms with Crippen LogP contribution < -0.4 is 8.92 Å². The summed E-state index contributed by atoms with van der Waals surface area (Å²) in [6.45, 7) is 0. The quantitative estimate of drug-likeness (QED) is 0.197. The number of nitro benzene ring substituents is 1. The summed E-state index contributed by atoms with van der Waals surface area (Å²) in [5.41, 5.74) is -5.70. The Morgan fingerprint density at radius 3 is 1.90 bits per heavy atom. The van der Waals surface area contributed by atoms with Crippen molar-refractivity contribution in [2.24, 2.45) is 0 Å². The molecule has 0 heterocycles. The van der Waals surface area contributed by atoms with Gasteiger partial charge in [0.15, 0.2) is 5.75 Å². The molecule has 0 radical (unpaired) electrons. The second-order valence-electron chi connectivity index (χ2n) is 5.16. The van der Waals surface area contributed by atoms with Crippen molar-refractivity contribution < 1.29 is 48.4 Å². The molecule has 0 amide bonds. The molecular weight excluding hydrogens is 527 g/mol. The number of hydrogen-bond donors (Lipinski definition) is 1. The van der Waals surface area contributed by atoms with Crippen molar-refractivity contribution in [1.82, 2.24) is 0 Å². The molecule has 0 saturated heterocycles. The molecule has 2 rings (SSSR count). The minimum atomic E-state index is -5.79. The van der Waals surface area contributed by atoms with Crippen LogP contribution >= 0.6 is 15.9 Å². The lowest BCUT2D eigenvalue weighted by atomic mass is 10.3. The Labute approximate surface area is 176 Å². The number of rotatable bonds is 5. The highest BCUT2D eigenvalue weighted by molar-refractivity contribution is 9.10. The van der Waals surface area contributed by atoms with E-state index in [-0.39, 0.29) is 21.7 Å². The fraction of sp³-hybridized carbons (Fsp3) is 0.143. The second-order valence-corrected chi connectivity index (χ2v) is 9.02. The number of benzene rings is 2. The van der Waals surface area contributed by atoms with Crippen molar-refractivity contribution in [3.63, 3.8) is 0 Å². The molecule has 0 spiro atoms. The van der Waals surface area contributed by atoms with Crippen LogP contribution in [0.15, 0.2) is 46.9 Å². The van der Waals surface area contributed by atoms with Gasteiger partial charge >= 0.3 is 15.6 Å². The normalized spacial score (nSPS) is 11.8. The number of nitrogens with zero attached hydrogens (tertiary/aromatic N) is 1. The lowest BCUT2D eigenvalue weighted by Gasteiger charge is -2.12. The summed E-state index contributed by atoms with van der Waals surface area (Å²) in [6, 6.07) is 8.38. The van der Waals surface area contributed by atoms with Crippen LogP contribution in [-0.4, -0.2) is 38.1 Å². The lowest BCUT2D eigenvalue weighted by Crippen LogP contribution is -2.28. The van der Waals surface area contributed by atoms with Crippen LogP contribution in [0.25, 0.3) is 0 Å². The molecule has 2 aromatic carbocycles. The van der Waals surface area contributed by atoms with Crippen molar-refractivity contribution in [3.8, 4) is 17.2 Å². The van der Waals surface area contributed by atoms with E-state index in [1.54, 1.807) is 0 Å². The highest BCUT2D eigenvalue weighted by Gasteiger charge is 2.48. The molecule has 16 heteroatoms. The Bertz CT molecular complexity index is 1110. The van der Waals surface area contributed by atoms with Crippen LogP contribution in [0.4, 0.5) is 18.9 Å². The molecular formula is C14H11BrF3NO9S2. The maximum atomic E-state index is 12.3. The molecule has 2 aromatic rings. The topological polar surface area (TPSA) is 150 Å². The molecule has 30 heavy (non-hydrogen) atoms. The van der Waals surface area contributed by atoms with Crippen LogP contribution in [0.1, 0.15) is 0 Å². The number of nitro groups is 1. The van der Waals surface area contributed by atoms with Crippen LogP contribution in [-0.2, 0) is 20.2 Å². The summed E-state index contributed by atoms with van der Waals surface area (Å²) in [4.78, 5) is 9.96. The summed E-state index contributed by atoms with van der Waals surface area (Å²) in [7, 11) is -9.46. The fourth-order valence-corrected chi connectivity index (χ4v) is 2.57. The van der Waals surface area contributed by atoms with Gasteiger partial charge in [0.25, 0.3) is 15.8 Å². The van der Waals surface area contributed by atoms with E-state index >= 15 is 0 Å². The minimum Gasteiger partial charge on any atom is -0.457 e.